The van der Waals surface area contributed by atoms with Crippen molar-refractivity contribution in [2.75, 3.05) is 18.2 Å². The fraction of sp³-hybridized carbons (Fsp3) is 0.211. The number of hydrogen-bond acceptors (Lipinski definition) is 5. The van der Waals surface area contributed by atoms with Gasteiger partial charge in [0.05, 0.1) is 18.6 Å². The Hall–Kier alpha value is -2.80. The molecule has 0 aliphatic heterocycles. The number of para-hydroxylation sites is 2. The quantitative estimate of drug-likeness (QED) is 0.673. The van der Waals surface area contributed by atoms with Crippen LogP contribution < -0.4 is 10.1 Å². The fourth-order valence-electron chi connectivity index (χ4n) is 2.46. The lowest BCUT2D eigenvalue weighted by molar-refractivity contribution is -0.113. The average molecular weight is 368 g/mol. The maximum Gasteiger partial charge on any atom is 0.234 e. The summed E-state index contributed by atoms with van der Waals surface area (Å²) < 4.78 is 7.20. The van der Waals surface area contributed by atoms with Crippen molar-refractivity contribution in [3.05, 3.63) is 59.9 Å². The highest BCUT2D eigenvalue weighted by atomic mass is 32.2. The van der Waals surface area contributed by atoms with Crippen molar-refractivity contribution in [2.45, 2.75) is 19.0 Å². The molecule has 0 atom stereocenters. The molecule has 7 heteroatoms. The van der Waals surface area contributed by atoms with E-state index in [9.17, 15) is 4.79 Å². The third kappa shape index (κ3) is 4.05. The number of thioether (sulfide) groups is 1. The van der Waals surface area contributed by atoms with E-state index in [4.69, 9.17) is 4.74 Å². The number of rotatable bonds is 6. The van der Waals surface area contributed by atoms with Crippen molar-refractivity contribution in [3.8, 4) is 11.4 Å². The van der Waals surface area contributed by atoms with E-state index in [2.05, 4.69) is 15.5 Å². The molecule has 0 radical (unpaired) electrons. The van der Waals surface area contributed by atoms with Crippen LogP contribution in [0.3, 0.4) is 0 Å². The largest absolute Gasteiger partial charge is 0.495 e. The summed E-state index contributed by atoms with van der Waals surface area (Å²) in [4.78, 5) is 12.3. The highest BCUT2D eigenvalue weighted by Gasteiger charge is 2.13. The van der Waals surface area contributed by atoms with Crippen molar-refractivity contribution in [1.29, 1.82) is 0 Å². The van der Waals surface area contributed by atoms with E-state index in [0.29, 0.717) is 10.9 Å². The normalized spacial score (nSPS) is 10.6. The van der Waals surface area contributed by atoms with E-state index >= 15 is 0 Å². The van der Waals surface area contributed by atoms with Gasteiger partial charge in [0, 0.05) is 5.69 Å². The van der Waals surface area contributed by atoms with Gasteiger partial charge in [0.15, 0.2) is 5.16 Å². The van der Waals surface area contributed by atoms with Gasteiger partial charge in [-0.25, -0.2) is 0 Å². The van der Waals surface area contributed by atoms with Crippen LogP contribution in [0.4, 0.5) is 5.69 Å². The molecule has 0 unspecified atom stereocenters. The maximum absolute atomic E-state index is 12.3. The van der Waals surface area contributed by atoms with E-state index in [1.54, 1.807) is 13.4 Å². The topological polar surface area (TPSA) is 69.0 Å². The van der Waals surface area contributed by atoms with Gasteiger partial charge < -0.3 is 10.1 Å². The van der Waals surface area contributed by atoms with Gasteiger partial charge in [-0.2, -0.15) is 0 Å². The highest BCUT2D eigenvalue weighted by molar-refractivity contribution is 7.99. The minimum atomic E-state index is -0.0900. The number of nitrogens with one attached hydrogen (secondary N) is 1. The highest BCUT2D eigenvalue weighted by Crippen LogP contribution is 2.26. The molecule has 6 nitrogen and oxygen atoms in total. The van der Waals surface area contributed by atoms with Crippen LogP contribution in [0, 0.1) is 13.8 Å². The lowest BCUT2D eigenvalue weighted by Gasteiger charge is -2.11. The predicted octanol–water partition coefficient (Wildman–Crippen LogP) is 3.62. The van der Waals surface area contributed by atoms with E-state index in [-0.39, 0.29) is 11.7 Å². The van der Waals surface area contributed by atoms with Crippen LogP contribution in [0.25, 0.3) is 5.69 Å². The minimum Gasteiger partial charge on any atom is -0.495 e. The predicted molar refractivity (Wildman–Crippen MR) is 103 cm³/mol. The molecular weight excluding hydrogens is 348 g/mol. The first-order chi connectivity index (χ1) is 12.6. The zero-order valence-corrected chi connectivity index (χ0v) is 15.7. The lowest BCUT2D eigenvalue weighted by atomic mass is 10.1. The zero-order chi connectivity index (χ0) is 18.5. The summed E-state index contributed by atoms with van der Waals surface area (Å²) in [6.07, 6.45) is 1.61. The number of carbonyl (C=O) groups excluding carboxylic acids is 1. The molecule has 0 bridgehead atoms. The molecule has 2 aromatic carbocycles. The number of methoxy groups -OCH3 is 1. The first-order valence-corrected chi connectivity index (χ1v) is 9.10. The second kappa shape index (κ2) is 8.05. The number of aromatic nitrogens is 3. The van der Waals surface area contributed by atoms with Crippen LogP contribution in [0.2, 0.25) is 0 Å². The zero-order valence-electron chi connectivity index (χ0n) is 14.9. The number of hydrogen-bond donors (Lipinski definition) is 1. The fourth-order valence-corrected chi connectivity index (χ4v) is 3.19. The number of amides is 1. The lowest BCUT2D eigenvalue weighted by Crippen LogP contribution is -2.14. The molecule has 0 aliphatic rings. The summed E-state index contributed by atoms with van der Waals surface area (Å²) in [6.45, 7) is 4.07. The molecule has 1 aromatic heterocycles. The van der Waals surface area contributed by atoms with Crippen LogP contribution in [0.15, 0.2) is 53.9 Å². The van der Waals surface area contributed by atoms with Crippen molar-refractivity contribution in [1.82, 2.24) is 14.8 Å². The SMILES string of the molecule is COc1ccccc1-n1cnnc1SCC(=O)Nc1ccc(C)c(C)c1. The van der Waals surface area contributed by atoms with Crippen LogP contribution in [0.1, 0.15) is 11.1 Å². The molecule has 1 amide bonds. The van der Waals surface area contributed by atoms with Gasteiger partial charge in [0.2, 0.25) is 5.91 Å². The van der Waals surface area contributed by atoms with Crippen molar-refractivity contribution in [3.63, 3.8) is 0 Å². The van der Waals surface area contributed by atoms with Gasteiger partial charge >= 0.3 is 0 Å². The summed E-state index contributed by atoms with van der Waals surface area (Å²) >= 11 is 1.32. The molecule has 0 spiro atoms. The molecule has 134 valence electrons. The molecule has 0 fully saturated rings. The molecule has 3 rings (SSSR count). The van der Waals surface area contributed by atoms with E-state index in [0.717, 1.165) is 16.9 Å². The monoisotopic (exact) mass is 368 g/mol. The van der Waals surface area contributed by atoms with Gasteiger partial charge in [-0.15, -0.1) is 10.2 Å². The minimum absolute atomic E-state index is 0.0900. The number of anilines is 1. The number of aryl methyl sites for hydroxylation is 2. The summed E-state index contributed by atoms with van der Waals surface area (Å²) in [5.74, 6) is 0.863. The Kier molecular flexibility index (Phi) is 5.58. The van der Waals surface area contributed by atoms with Crippen LogP contribution in [0.5, 0.6) is 5.75 Å². The van der Waals surface area contributed by atoms with Gasteiger partial charge in [-0.3, -0.25) is 9.36 Å². The van der Waals surface area contributed by atoms with Crippen LogP contribution in [-0.2, 0) is 4.79 Å². The molecule has 26 heavy (non-hydrogen) atoms. The van der Waals surface area contributed by atoms with Crippen molar-refractivity contribution < 1.29 is 9.53 Å². The summed E-state index contributed by atoms with van der Waals surface area (Å²) in [7, 11) is 1.62. The number of ether oxygens (including phenoxy) is 1. The van der Waals surface area contributed by atoms with E-state index in [1.165, 1.54) is 17.3 Å². The van der Waals surface area contributed by atoms with Gasteiger partial charge in [-0.05, 0) is 49.2 Å². The summed E-state index contributed by atoms with van der Waals surface area (Å²) in [5.41, 5.74) is 3.97. The van der Waals surface area contributed by atoms with Crippen molar-refractivity contribution in [2.24, 2.45) is 0 Å². The molecule has 0 saturated heterocycles. The first kappa shape index (κ1) is 18.0. The Bertz CT molecular complexity index is 923. The number of nitrogens with zero attached hydrogens (tertiary/aromatic N) is 3. The molecule has 0 aliphatic carbocycles. The second-order valence-corrected chi connectivity index (χ2v) is 6.73. The Balaban J connectivity index is 1.68. The Morgan fingerprint density at radius 2 is 2.00 bits per heavy atom. The molecule has 1 N–H and O–H groups in total. The van der Waals surface area contributed by atoms with Crippen LogP contribution in [-0.4, -0.2) is 33.5 Å². The third-order valence-corrected chi connectivity index (χ3v) is 4.93. The smallest absolute Gasteiger partial charge is 0.234 e. The molecular formula is C19H20N4O2S. The first-order valence-electron chi connectivity index (χ1n) is 8.12. The van der Waals surface area contributed by atoms with Gasteiger partial charge in [0.1, 0.15) is 12.1 Å². The Morgan fingerprint density at radius 1 is 1.19 bits per heavy atom. The maximum atomic E-state index is 12.3. The third-order valence-electron chi connectivity index (χ3n) is 3.98. The molecule has 3 aromatic rings. The molecule has 0 saturated carbocycles. The van der Waals surface area contributed by atoms with Crippen molar-refractivity contribution >= 4 is 23.4 Å². The Labute approximate surface area is 156 Å². The number of benzene rings is 2. The average Bonchev–Trinajstić information content (AvgIpc) is 3.11. The number of carbonyl (C=O) groups is 1. The van der Waals surface area contributed by atoms with Crippen LogP contribution >= 0.6 is 11.8 Å². The van der Waals surface area contributed by atoms with E-state index in [1.807, 2.05) is 60.9 Å². The standard InChI is InChI=1S/C19H20N4O2S/c1-13-8-9-15(10-14(13)2)21-18(24)11-26-19-22-20-12-23(19)16-6-4-5-7-17(16)25-3/h4-10,12H,11H2,1-3H3,(H,21,24). The second-order valence-electron chi connectivity index (χ2n) is 5.79. The Morgan fingerprint density at radius 3 is 2.77 bits per heavy atom. The molecule has 1 heterocycles. The van der Waals surface area contributed by atoms with Gasteiger partial charge in [-0.1, -0.05) is 30.0 Å². The van der Waals surface area contributed by atoms with E-state index < -0.39 is 0 Å². The summed E-state index contributed by atoms with van der Waals surface area (Å²) in [6, 6.07) is 13.5. The van der Waals surface area contributed by atoms with Gasteiger partial charge in [0.25, 0.3) is 0 Å². The summed E-state index contributed by atoms with van der Waals surface area (Å²) in [5, 5.41) is 11.6.